The van der Waals surface area contributed by atoms with E-state index in [1.165, 1.54) is 32.1 Å². The average molecular weight is 299 g/mol. The second kappa shape index (κ2) is 8.50. The molecule has 1 aliphatic carbocycles. The predicted molar refractivity (Wildman–Crippen MR) is 89.8 cm³/mol. The van der Waals surface area contributed by atoms with Crippen molar-refractivity contribution in [1.82, 2.24) is 5.32 Å². The van der Waals surface area contributed by atoms with E-state index >= 15 is 0 Å². The predicted octanol–water partition coefficient (Wildman–Crippen LogP) is 4.16. The van der Waals surface area contributed by atoms with E-state index in [0.717, 1.165) is 12.5 Å². The van der Waals surface area contributed by atoms with Crippen LogP contribution in [0.4, 0.5) is 0 Å². The summed E-state index contributed by atoms with van der Waals surface area (Å²) < 4.78 is 11.9. The highest BCUT2D eigenvalue weighted by Gasteiger charge is 2.36. The van der Waals surface area contributed by atoms with Crippen molar-refractivity contribution in [2.24, 2.45) is 5.92 Å². The van der Waals surface area contributed by atoms with Crippen LogP contribution < -0.4 is 5.32 Å². The molecule has 3 nitrogen and oxygen atoms in total. The van der Waals surface area contributed by atoms with E-state index in [4.69, 9.17) is 9.47 Å². The second-order valence-corrected chi connectivity index (χ2v) is 7.91. The summed E-state index contributed by atoms with van der Waals surface area (Å²) in [7, 11) is 0. The van der Waals surface area contributed by atoms with Gasteiger partial charge in [0.1, 0.15) is 0 Å². The molecule has 0 unspecified atom stereocenters. The molecule has 21 heavy (non-hydrogen) atoms. The molecule has 0 aromatic rings. The van der Waals surface area contributed by atoms with Gasteiger partial charge in [-0.15, -0.1) is 0 Å². The topological polar surface area (TPSA) is 30.5 Å². The van der Waals surface area contributed by atoms with Gasteiger partial charge in [0, 0.05) is 12.1 Å². The van der Waals surface area contributed by atoms with Crippen molar-refractivity contribution < 1.29 is 9.47 Å². The van der Waals surface area contributed by atoms with Crippen molar-refractivity contribution >= 4 is 0 Å². The summed E-state index contributed by atoms with van der Waals surface area (Å²) in [5.41, 5.74) is 0.158. The quantitative estimate of drug-likeness (QED) is 0.683. The monoisotopic (exact) mass is 299 g/mol. The van der Waals surface area contributed by atoms with Gasteiger partial charge in [-0.25, -0.2) is 0 Å². The molecule has 1 rings (SSSR count). The SMILES string of the molecule is CCC1CCC(CNC(C)(C)C)(OCCOC(C)C)CC1. The van der Waals surface area contributed by atoms with Gasteiger partial charge >= 0.3 is 0 Å². The minimum Gasteiger partial charge on any atom is -0.376 e. The Hall–Kier alpha value is -0.120. The van der Waals surface area contributed by atoms with E-state index in [0.29, 0.717) is 13.2 Å². The Morgan fingerprint density at radius 2 is 1.76 bits per heavy atom. The van der Waals surface area contributed by atoms with Crippen LogP contribution in [0.2, 0.25) is 0 Å². The number of rotatable bonds is 8. The molecule has 1 N–H and O–H groups in total. The summed E-state index contributed by atoms with van der Waals surface area (Å²) >= 11 is 0. The third-order valence-corrected chi connectivity index (χ3v) is 4.48. The summed E-state index contributed by atoms with van der Waals surface area (Å²) in [5.74, 6) is 0.892. The van der Waals surface area contributed by atoms with E-state index in [1.807, 2.05) is 0 Å². The largest absolute Gasteiger partial charge is 0.376 e. The fraction of sp³-hybridized carbons (Fsp3) is 1.00. The lowest BCUT2D eigenvalue weighted by Crippen LogP contribution is -2.51. The Morgan fingerprint density at radius 1 is 1.14 bits per heavy atom. The first-order valence-corrected chi connectivity index (χ1v) is 8.77. The van der Waals surface area contributed by atoms with Gasteiger partial charge in [-0.05, 0) is 66.2 Å². The summed E-state index contributed by atoms with van der Waals surface area (Å²) in [5, 5.41) is 3.65. The zero-order chi connectivity index (χ0) is 15.9. The lowest BCUT2D eigenvalue weighted by Gasteiger charge is -2.42. The smallest absolute Gasteiger partial charge is 0.0807 e. The Kier molecular flexibility index (Phi) is 7.66. The third kappa shape index (κ3) is 7.62. The van der Waals surface area contributed by atoms with E-state index in [2.05, 4.69) is 46.9 Å². The van der Waals surface area contributed by atoms with Crippen LogP contribution in [0.25, 0.3) is 0 Å². The number of nitrogens with one attached hydrogen (secondary N) is 1. The highest BCUT2D eigenvalue weighted by atomic mass is 16.5. The zero-order valence-corrected chi connectivity index (χ0v) is 15.1. The summed E-state index contributed by atoms with van der Waals surface area (Å²) in [6.45, 7) is 15.5. The number of hydrogen-bond acceptors (Lipinski definition) is 3. The molecule has 0 radical (unpaired) electrons. The molecule has 0 amide bonds. The molecule has 0 aliphatic heterocycles. The van der Waals surface area contributed by atoms with Crippen molar-refractivity contribution in [2.45, 2.75) is 90.9 Å². The molecular formula is C18H37NO2. The van der Waals surface area contributed by atoms with Gasteiger partial charge in [0.15, 0.2) is 0 Å². The van der Waals surface area contributed by atoms with E-state index in [-0.39, 0.29) is 17.2 Å². The number of ether oxygens (including phenoxy) is 2. The van der Waals surface area contributed by atoms with Gasteiger partial charge in [-0.1, -0.05) is 13.3 Å². The Morgan fingerprint density at radius 3 is 2.24 bits per heavy atom. The molecule has 1 fully saturated rings. The zero-order valence-electron chi connectivity index (χ0n) is 15.1. The van der Waals surface area contributed by atoms with E-state index < -0.39 is 0 Å². The fourth-order valence-corrected chi connectivity index (χ4v) is 2.95. The van der Waals surface area contributed by atoms with Crippen LogP contribution in [-0.2, 0) is 9.47 Å². The van der Waals surface area contributed by atoms with Crippen LogP contribution in [0.15, 0.2) is 0 Å². The van der Waals surface area contributed by atoms with Gasteiger partial charge in [-0.3, -0.25) is 0 Å². The van der Waals surface area contributed by atoms with Crippen LogP contribution >= 0.6 is 0 Å². The lowest BCUT2D eigenvalue weighted by atomic mass is 9.77. The van der Waals surface area contributed by atoms with Crippen LogP contribution in [0.5, 0.6) is 0 Å². The Labute approximate surface area is 132 Å². The standard InChI is InChI=1S/C18H37NO2/c1-7-16-8-10-18(11-9-16,14-19-17(4,5)6)21-13-12-20-15(2)3/h15-16,19H,7-14H2,1-6H3. The minimum absolute atomic E-state index is 0.0132. The highest BCUT2D eigenvalue weighted by molar-refractivity contribution is 4.91. The molecule has 126 valence electrons. The van der Waals surface area contributed by atoms with Crippen molar-refractivity contribution in [1.29, 1.82) is 0 Å². The van der Waals surface area contributed by atoms with Crippen molar-refractivity contribution in [3.8, 4) is 0 Å². The van der Waals surface area contributed by atoms with Gasteiger partial charge in [0.25, 0.3) is 0 Å². The molecule has 0 atom stereocenters. The Balaban J connectivity index is 2.49. The van der Waals surface area contributed by atoms with Crippen LogP contribution in [0, 0.1) is 5.92 Å². The van der Waals surface area contributed by atoms with Crippen LogP contribution in [0.1, 0.15) is 73.6 Å². The molecular weight excluding hydrogens is 262 g/mol. The van der Waals surface area contributed by atoms with Crippen LogP contribution in [0.3, 0.4) is 0 Å². The Bertz CT molecular complexity index is 275. The highest BCUT2D eigenvalue weighted by Crippen LogP contribution is 2.36. The first-order chi connectivity index (χ1) is 9.76. The molecule has 0 heterocycles. The van der Waals surface area contributed by atoms with Crippen LogP contribution in [-0.4, -0.2) is 37.0 Å². The maximum Gasteiger partial charge on any atom is 0.0807 e. The van der Waals surface area contributed by atoms with Gasteiger partial charge < -0.3 is 14.8 Å². The summed E-state index contributed by atoms with van der Waals surface area (Å²) in [6, 6.07) is 0. The fourth-order valence-electron chi connectivity index (χ4n) is 2.95. The van der Waals surface area contributed by atoms with Gasteiger partial charge in [0.05, 0.1) is 24.9 Å². The molecule has 0 aromatic heterocycles. The molecule has 0 aromatic carbocycles. The molecule has 1 aliphatic rings. The van der Waals surface area contributed by atoms with Crippen molar-refractivity contribution in [2.75, 3.05) is 19.8 Å². The molecule has 3 heteroatoms. The normalized spacial score (nSPS) is 27.3. The summed E-state index contributed by atoms with van der Waals surface area (Å²) in [6.07, 6.45) is 6.54. The average Bonchev–Trinajstić information content (AvgIpc) is 2.41. The van der Waals surface area contributed by atoms with Crippen molar-refractivity contribution in [3.63, 3.8) is 0 Å². The van der Waals surface area contributed by atoms with E-state index in [1.54, 1.807) is 0 Å². The van der Waals surface area contributed by atoms with E-state index in [9.17, 15) is 0 Å². The molecule has 0 saturated heterocycles. The second-order valence-electron chi connectivity index (χ2n) is 7.91. The lowest BCUT2D eigenvalue weighted by molar-refractivity contribution is -0.0996. The first-order valence-electron chi connectivity index (χ1n) is 8.77. The summed E-state index contributed by atoms with van der Waals surface area (Å²) in [4.78, 5) is 0. The maximum absolute atomic E-state index is 6.32. The minimum atomic E-state index is 0.0132. The molecule has 1 saturated carbocycles. The first kappa shape index (κ1) is 18.9. The number of hydrogen-bond donors (Lipinski definition) is 1. The van der Waals surface area contributed by atoms with Gasteiger partial charge in [-0.2, -0.15) is 0 Å². The molecule has 0 bridgehead atoms. The van der Waals surface area contributed by atoms with Gasteiger partial charge in [0.2, 0.25) is 0 Å². The molecule has 0 spiro atoms. The van der Waals surface area contributed by atoms with Crippen molar-refractivity contribution in [3.05, 3.63) is 0 Å². The maximum atomic E-state index is 6.32. The third-order valence-electron chi connectivity index (χ3n) is 4.48.